The molecule has 0 saturated carbocycles. The van der Waals surface area contributed by atoms with Gasteiger partial charge in [-0.05, 0) is 45.3 Å². The number of H-pyrrole nitrogens is 1. The third kappa shape index (κ3) is 3.93. The van der Waals surface area contributed by atoms with Gasteiger partial charge in [0.15, 0.2) is 0 Å². The molecule has 7 heteroatoms. The molecule has 2 aromatic rings. The lowest BCUT2D eigenvalue weighted by Crippen LogP contribution is -2.35. The van der Waals surface area contributed by atoms with E-state index in [1.54, 1.807) is 6.33 Å². The van der Waals surface area contributed by atoms with E-state index >= 15 is 0 Å². The van der Waals surface area contributed by atoms with Gasteiger partial charge in [0.05, 0.1) is 12.9 Å². The molecule has 0 amide bonds. The van der Waals surface area contributed by atoms with Crippen LogP contribution in [0.25, 0.3) is 0 Å². The minimum absolute atomic E-state index is 0.476. The lowest BCUT2D eigenvalue weighted by molar-refractivity contribution is 0.192. The van der Waals surface area contributed by atoms with E-state index in [2.05, 4.69) is 41.6 Å². The maximum absolute atomic E-state index is 4.58. The minimum atomic E-state index is 0.476. The number of aromatic nitrogens is 5. The Labute approximate surface area is 149 Å². The normalized spacial score (nSPS) is 23.2. The van der Waals surface area contributed by atoms with Gasteiger partial charge in [0.25, 0.3) is 0 Å². The Morgan fingerprint density at radius 3 is 2.68 bits per heavy atom. The van der Waals surface area contributed by atoms with Crippen molar-refractivity contribution in [3.05, 3.63) is 29.9 Å². The summed E-state index contributed by atoms with van der Waals surface area (Å²) in [5.41, 5.74) is 1.18. The highest BCUT2D eigenvalue weighted by Crippen LogP contribution is 2.27. The van der Waals surface area contributed by atoms with Crippen molar-refractivity contribution in [2.24, 2.45) is 7.05 Å². The third-order valence-electron chi connectivity index (χ3n) is 5.63. The Morgan fingerprint density at radius 1 is 1.04 bits per heavy atom. The number of hydrogen-bond donors (Lipinski definition) is 1. The molecule has 2 aliphatic heterocycles. The quantitative estimate of drug-likeness (QED) is 0.898. The van der Waals surface area contributed by atoms with E-state index < -0.39 is 0 Å². The Kier molecular flexibility index (Phi) is 5.12. The molecule has 2 aromatic heterocycles. The highest BCUT2D eigenvalue weighted by Gasteiger charge is 2.26. The molecule has 4 heterocycles. The number of imidazole rings is 1. The van der Waals surface area contributed by atoms with Crippen LogP contribution in [0.3, 0.4) is 0 Å². The highest BCUT2D eigenvalue weighted by molar-refractivity contribution is 5.05. The van der Waals surface area contributed by atoms with Crippen molar-refractivity contribution >= 4 is 0 Å². The molecule has 0 radical (unpaired) electrons. The van der Waals surface area contributed by atoms with Gasteiger partial charge in [-0.15, -0.1) is 10.2 Å². The fraction of sp³-hybridized carbons (Fsp3) is 0.722. The molecule has 0 bridgehead atoms. The van der Waals surface area contributed by atoms with E-state index in [-0.39, 0.29) is 0 Å². The second kappa shape index (κ2) is 7.66. The van der Waals surface area contributed by atoms with Crippen LogP contribution < -0.4 is 0 Å². The van der Waals surface area contributed by atoms with Gasteiger partial charge in [-0.25, -0.2) is 4.98 Å². The molecule has 7 nitrogen and oxygen atoms in total. The summed E-state index contributed by atoms with van der Waals surface area (Å²) < 4.78 is 2.25. The molecule has 1 atom stereocenters. The monoisotopic (exact) mass is 343 g/mol. The molecule has 2 saturated heterocycles. The standard InChI is InChI=1S/C18H29N7/c1-23-17(13-24-7-3-2-4-8-24)21-22-18(23)15-6-5-9-25(11-15)12-16-10-19-14-20-16/h10,14-15H,2-9,11-13H2,1H3,(H,19,20)/t15-/m1/s1. The molecule has 4 rings (SSSR count). The van der Waals surface area contributed by atoms with Crippen LogP contribution in [-0.4, -0.2) is 60.7 Å². The maximum atomic E-state index is 4.58. The molecule has 1 N–H and O–H groups in total. The molecular weight excluding hydrogens is 314 g/mol. The summed E-state index contributed by atoms with van der Waals surface area (Å²) in [6.07, 6.45) is 10.1. The van der Waals surface area contributed by atoms with Crippen LogP contribution in [0.1, 0.15) is 55.4 Å². The van der Waals surface area contributed by atoms with Gasteiger partial charge in [0, 0.05) is 37.9 Å². The van der Waals surface area contributed by atoms with Crippen molar-refractivity contribution in [3.63, 3.8) is 0 Å². The van der Waals surface area contributed by atoms with E-state index in [4.69, 9.17) is 0 Å². The number of aromatic amines is 1. The molecule has 136 valence electrons. The number of hydrogen-bond acceptors (Lipinski definition) is 5. The van der Waals surface area contributed by atoms with Gasteiger partial charge in [-0.1, -0.05) is 6.42 Å². The van der Waals surface area contributed by atoms with Crippen molar-refractivity contribution in [3.8, 4) is 0 Å². The summed E-state index contributed by atoms with van der Waals surface area (Å²) in [5.74, 6) is 2.74. The van der Waals surface area contributed by atoms with E-state index in [9.17, 15) is 0 Å². The predicted molar refractivity (Wildman–Crippen MR) is 96.0 cm³/mol. The Morgan fingerprint density at radius 2 is 1.88 bits per heavy atom. The van der Waals surface area contributed by atoms with Gasteiger partial charge in [0.2, 0.25) is 0 Å². The van der Waals surface area contributed by atoms with Crippen LogP contribution in [0.15, 0.2) is 12.5 Å². The first kappa shape index (κ1) is 16.7. The summed E-state index contributed by atoms with van der Waals surface area (Å²) in [6.45, 7) is 6.47. The van der Waals surface area contributed by atoms with Crippen LogP contribution >= 0.6 is 0 Å². The highest BCUT2D eigenvalue weighted by atomic mass is 15.3. The molecule has 0 aromatic carbocycles. The second-order valence-electron chi connectivity index (χ2n) is 7.52. The Bertz CT molecular complexity index is 657. The number of nitrogens with one attached hydrogen (secondary N) is 1. The van der Waals surface area contributed by atoms with Gasteiger partial charge in [-0.2, -0.15) is 0 Å². The zero-order valence-corrected chi connectivity index (χ0v) is 15.2. The van der Waals surface area contributed by atoms with Crippen LogP contribution in [-0.2, 0) is 20.1 Å². The number of rotatable bonds is 5. The largest absolute Gasteiger partial charge is 0.347 e. The minimum Gasteiger partial charge on any atom is -0.347 e. The molecule has 25 heavy (non-hydrogen) atoms. The van der Waals surface area contributed by atoms with E-state index in [1.165, 1.54) is 50.9 Å². The first-order valence-corrected chi connectivity index (χ1v) is 9.60. The predicted octanol–water partition coefficient (Wildman–Crippen LogP) is 1.90. The fourth-order valence-corrected chi connectivity index (χ4v) is 4.21. The van der Waals surface area contributed by atoms with E-state index in [0.717, 1.165) is 37.8 Å². The molecule has 2 fully saturated rings. The fourth-order valence-electron chi connectivity index (χ4n) is 4.21. The van der Waals surface area contributed by atoms with Crippen LogP contribution in [0, 0.1) is 0 Å². The number of piperidine rings is 2. The summed E-state index contributed by atoms with van der Waals surface area (Å²) in [5, 5.41) is 9.10. The Balaban J connectivity index is 1.40. The van der Waals surface area contributed by atoms with Crippen molar-refractivity contribution in [1.29, 1.82) is 0 Å². The molecular formula is C18H29N7. The lowest BCUT2D eigenvalue weighted by Gasteiger charge is -2.32. The average molecular weight is 343 g/mol. The second-order valence-corrected chi connectivity index (χ2v) is 7.52. The van der Waals surface area contributed by atoms with Crippen LogP contribution in [0.5, 0.6) is 0 Å². The smallest absolute Gasteiger partial charge is 0.146 e. The first-order chi connectivity index (χ1) is 12.3. The van der Waals surface area contributed by atoms with Gasteiger partial charge < -0.3 is 9.55 Å². The van der Waals surface area contributed by atoms with Crippen LogP contribution in [0.2, 0.25) is 0 Å². The molecule has 0 unspecified atom stereocenters. The molecule has 0 aliphatic carbocycles. The topological polar surface area (TPSA) is 65.9 Å². The van der Waals surface area contributed by atoms with Crippen molar-refractivity contribution < 1.29 is 0 Å². The summed E-state index contributed by atoms with van der Waals surface area (Å²) in [6, 6.07) is 0. The molecule has 2 aliphatic rings. The Hall–Kier alpha value is -1.73. The van der Waals surface area contributed by atoms with Gasteiger partial charge in [0.1, 0.15) is 11.6 Å². The van der Waals surface area contributed by atoms with E-state index in [1.807, 2.05) is 6.20 Å². The SMILES string of the molecule is Cn1c(CN2CCCCC2)nnc1[C@@H]1CCCN(Cc2cnc[nH]2)C1. The number of likely N-dealkylation sites (tertiary alicyclic amines) is 2. The zero-order chi connectivity index (χ0) is 17.1. The average Bonchev–Trinajstić information content (AvgIpc) is 3.27. The summed E-state index contributed by atoms with van der Waals surface area (Å²) in [4.78, 5) is 12.4. The first-order valence-electron chi connectivity index (χ1n) is 9.60. The summed E-state index contributed by atoms with van der Waals surface area (Å²) in [7, 11) is 2.14. The third-order valence-corrected chi connectivity index (χ3v) is 5.63. The maximum Gasteiger partial charge on any atom is 0.146 e. The molecule has 0 spiro atoms. The number of nitrogens with zero attached hydrogens (tertiary/aromatic N) is 6. The zero-order valence-electron chi connectivity index (χ0n) is 15.2. The van der Waals surface area contributed by atoms with Gasteiger partial charge >= 0.3 is 0 Å². The van der Waals surface area contributed by atoms with E-state index in [0.29, 0.717) is 5.92 Å². The van der Waals surface area contributed by atoms with Crippen molar-refractivity contribution in [1.82, 2.24) is 34.5 Å². The van der Waals surface area contributed by atoms with Crippen molar-refractivity contribution in [2.75, 3.05) is 26.2 Å². The van der Waals surface area contributed by atoms with Crippen LogP contribution in [0.4, 0.5) is 0 Å². The van der Waals surface area contributed by atoms with Crippen molar-refractivity contribution in [2.45, 2.75) is 51.1 Å². The lowest BCUT2D eigenvalue weighted by atomic mass is 9.97. The summed E-state index contributed by atoms with van der Waals surface area (Å²) >= 11 is 0. The van der Waals surface area contributed by atoms with Gasteiger partial charge in [-0.3, -0.25) is 9.80 Å².